The predicted molar refractivity (Wildman–Crippen MR) is 88.7 cm³/mol. The summed E-state index contributed by atoms with van der Waals surface area (Å²) in [5.74, 6) is 0. The van der Waals surface area contributed by atoms with Crippen molar-refractivity contribution < 1.29 is 4.79 Å². The lowest BCUT2D eigenvalue weighted by molar-refractivity contribution is 0.190. The third-order valence-corrected chi connectivity index (χ3v) is 4.97. The summed E-state index contributed by atoms with van der Waals surface area (Å²) in [5, 5.41) is 3.17. The lowest BCUT2D eigenvalue weighted by Gasteiger charge is -2.36. The second-order valence-electron chi connectivity index (χ2n) is 5.88. The quantitative estimate of drug-likeness (QED) is 0.887. The highest BCUT2D eigenvalue weighted by Crippen LogP contribution is 2.21. The number of benzene rings is 1. The van der Waals surface area contributed by atoms with Gasteiger partial charge in [0.2, 0.25) is 0 Å². The van der Waals surface area contributed by atoms with Crippen LogP contribution in [0.2, 0.25) is 0 Å². The molecule has 0 spiro atoms. The molecule has 0 unspecified atom stereocenters. The maximum Gasteiger partial charge on any atom is 0.317 e. The molecule has 1 saturated heterocycles. The molecule has 1 N–H and O–H groups in total. The summed E-state index contributed by atoms with van der Waals surface area (Å²) in [6.45, 7) is 3.41. The second-order valence-corrected chi connectivity index (χ2v) is 6.80. The van der Waals surface area contributed by atoms with Crippen LogP contribution in [-0.4, -0.2) is 43.2 Å². The predicted octanol–water partition coefficient (Wildman–Crippen LogP) is 3.22. The Bertz CT molecular complexity index is 477. The van der Waals surface area contributed by atoms with Crippen molar-refractivity contribution >= 4 is 27.6 Å². The van der Waals surface area contributed by atoms with E-state index in [0.717, 1.165) is 43.5 Å². The Labute approximate surface area is 134 Å². The molecule has 1 saturated carbocycles. The van der Waals surface area contributed by atoms with Gasteiger partial charge in [-0.25, -0.2) is 4.79 Å². The van der Waals surface area contributed by atoms with Gasteiger partial charge in [-0.2, -0.15) is 0 Å². The Balaban J connectivity index is 1.50. The number of urea groups is 1. The lowest BCUT2D eigenvalue weighted by Crippen LogP contribution is -2.53. The Morgan fingerprint density at radius 3 is 2.29 bits per heavy atom. The number of nitrogens with one attached hydrogen (secondary N) is 1. The highest BCUT2D eigenvalue weighted by molar-refractivity contribution is 9.10. The van der Waals surface area contributed by atoms with Crippen LogP contribution in [-0.2, 0) is 0 Å². The average molecular weight is 352 g/mol. The SMILES string of the molecule is O=C(NC1CCCC1)N1CCN(c2ccc(Br)cc2)CC1. The molecular formula is C16H22BrN3O. The fourth-order valence-electron chi connectivity index (χ4n) is 3.16. The largest absolute Gasteiger partial charge is 0.368 e. The molecule has 1 aliphatic heterocycles. The van der Waals surface area contributed by atoms with E-state index in [2.05, 4.69) is 50.4 Å². The topological polar surface area (TPSA) is 35.6 Å². The van der Waals surface area contributed by atoms with E-state index in [1.165, 1.54) is 18.5 Å². The van der Waals surface area contributed by atoms with Gasteiger partial charge >= 0.3 is 6.03 Å². The fourth-order valence-corrected chi connectivity index (χ4v) is 3.42. The molecule has 0 aromatic heterocycles. The van der Waals surface area contributed by atoms with Crippen molar-refractivity contribution in [3.8, 4) is 0 Å². The van der Waals surface area contributed by atoms with Crippen LogP contribution in [0.15, 0.2) is 28.7 Å². The first kappa shape index (κ1) is 14.7. The van der Waals surface area contributed by atoms with Gasteiger partial charge in [0.15, 0.2) is 0 Å². The Kier molecular flexibility index (Phi) is 4.68. The summed E-state index contributed by atoms with van der Waals surface area (Å²) in [7, 11) is 0. The fraction of sp³-hybridized carbons (Fsp3) is 0.562. The van der Waals surface area contributed by atoms with Crippen LogP contribution in [0.4, 0.5) is 10.5 Å². The normalized spacial score (nSPS) is 19.9. The van der Waals surface area contributed by atoms with Crippen LogP contribution in [0.25, 0.3) is 0 Å². The summed E-state index contributed by atoms with van der Waals surface area (Å²) >= 11 is 3.46. The van der Waals surface area contributed by atoms with E-state index < -0.39 is 0 Å². The van der Waals surface area contributed by atoms with Crippen LogP contribution in [0, 0.1) is 0 Å². The minimum atomic E-state index is 0.123. The summed E-state index contributed by atoms with van der Waals surface area (Å²) in [4.78, 5) is 16.5. The summed E-state index contributed by atoms with van der Waals surface area (Å²) < 4.78 is 1.10. The minimum Gasteiger partial charge on any atom is -0.368 e. The number of halogens is 1. The molecule has 1 aromatic carbocycles. The van der Waals surface area contributed by atoms with Crippen molar-refractivity contribution in [2.24, 2.45) is 0 Å². The zero-order chi connectivity index (χ0) is 14.7. The van der Waals surface area contributed by atoms with Crippen LogP contribution in [0.1, 0.15) is 25.7 Å². The smallest absolute Gasteiger partial charge is 0.317 e. The van der Waals surface area contributed by atoms with Crippen LogP contribution < -0.4 is 10.2 Å². The van der Waals surface area contributed by atoms with Gasteiger partial charge in [-0.3, -0.25) is 0 Å². The number of piperazine rings is 1. The summed E-state index contributed by atoms with van der Waals surface area (Å²) in [6.07, 6.45) is 4.79. The van der Waals surface area contributed by atoms with E-state index in [1.54, 1.807) is 0 Å². The highest BCUT2D eigenvalue weighted by atomic mass is 79.9. The van der Waals surface area contributed by atoms with Crippen LogP contribution in [0.5, 0.6) is 0 Å². The van der Waals surface area contributed by atoms with E-state index in [1.807, 2.05) is 4.90 Å². The standard InChI is InChI=1S/C16H22BrN3O/c17-13-5-7-15(8-6-13)19-9-11-20(12-10-19)16(21)18-14-3-1-2-4-14/h5-8,14H,1-4,9-12H2,(H,18,21). The van der Waals surface area contributed by atoms with Gasteiger partial charge in [0.1, 0.15) is 0 Å². The number of rotatable bonds is 2. The lowest BCUT2D eigenvalue weighted by atomic mass is 10.2. The first-order chi connectivity index (χ1) is 10.2. The molecule has 2 fully saturated rings. The van der Waals surface area contributed by atoms with Gasteiger partial charge < -0.3 is 15.1 Å². The third-order valence-electron chi connectivity index (χ3n) is 4.44. The van der Waals surface area contributed by atoms with Gasteiger partial charge in [-0.05, 0) is 37.1 Å². The molecule has 21 heavy (non-hydrogen) atoms. The maximum absolute atomic E-state index is 12.2. The Morgan fingerprint density at radius 2 is 1.67 bits per heavy atom. The van der Waals surface area contributed by atoms with E-state index in [9.17, 15) is 4.79 Å². The van der Waals surface area contributed by atoms with Crippen LogP contribution >= 0.6 is 15.9 Å². The maximum atomic E-state index is 12.2. The first-order valence-electron chi connectivity index (χ1n) is 7.78. The summed E-state index contributed by atoms with van der Waals surface area (Å²) in [6, 6.07) is 8.90. The molecule has 1 aromatic rings. The molecular weight excluding hydrogens is 330 g/mol. The van der Waals surface area contributed by atoms with E-state index >= 15 is 0 Å². The van der Waals surface area contributed by atoms with Crippen molar-refractivity contribution in [2.45, 2.75) is 31.7 Å². The molecule has 0 atom stereocenters. The third kappa shape index (κ3) is 3.70. The molecule has 2 aliphatic rings. The van der Waals surface area contributed by atoms with E-state index in [0.29, 0.717) is 6.04 Å². The molecule has 2 amide bonds. The van der Waals surface area contributed by atoms with Crippen LogP contribution in [0.3, 0.4) is 0 Å². The Hall–Kier alpha value is -1.23. The zero-order valence-corrected chi connectivity index (χ0v) is 13.8. The van der Waals surface area contributed by atoms with Crippen molar-refractivity contribution in [3.05, 3.63) is 28.7 Å². The van der Waals surface area contributed by atoms with Gasteiger partial charge in [0.25, 0.3) is 0 Å². The molecule has 0 bridgehead atoms. The van der Waals surface area contributed by atoms with Crippen molar-refractivity contribution in [1.29, 1.82) is 0 Å². The molecule has 0 radical (unpaired) electrons. The van der Waals surface area contributed by atoms with Gasteiger partial charge in [0, 0.05) is 42.4 Å². The van der Waals surface area contributed by atoms with Gasteiger partial charge in [-0.1, -0.05) is 28.8 Å². The number of carbonyl (C=O) groups excluding carboxylic acids is 1. The monoisotopic (exact) mass is 351 g/mol. The van der Waals surface area contributed by atoms with E-state index in [4.69, 9.17) is 0 Å². The highest BCUT2D eigenvalue weighted by Gasteiger charge is 2.24. The number of hydrogen-bond acceptors (Lipinski definition) is 2. The molecule has 5 heteroatoms. The van der Waals surface area contributed by atoms with E-state index in [-0.39, 0.29) is 6.03 Å². The second kappa shape index (κ2) is 6.69. The minimum absolute atomic E-state index is 0.123. The molecule has 1 heterocycles. The molecule has 4 nitrogen and oxygen atoms in total. The molecule has 114 valence electrons. The molecule has 1 aliphatic carbocycles. The van der Waals surface area contributed by atoms with Crippen molar-refractivity contribution in [3.63, 3.8) is 0 Å². The molecule has 3 rings (SSSR count). The number of hydrogen-bond donors (Lipinski definition) is 1. The van der Waals surface area contributed by atoms with Gasteiger partial charge in [-0.15, -0.1) is 0 Å². The van der Waals surface area contributed by atoms with Crippen molar-refractivity contribution in [1.82, 2.24) is 10.2 Å². The number of amides is 2. The number of nitrogens with zero attached hydrogens (tertiary/aromatic N) is 2. The first-order valence-corrected chi connectivity index (χ1v) is 8.57. The Morgan fingerprint density at radius 1 is 1.05 bits per heavy atom. The summed E-state index contributed by atoms with van der Waals surface area (Å²) in [5.41, 5.74) is 1.23. The zero-order valence-electron chi connectivity index (χ0n) is 12.2. The van der Waals surface area contributed by atoms with Crippen molar-refractivity contribution in [2.75, 3.05) is 31.1 Å². The average Bonchev–Trinajstić information content (AvgIpc) is 3.01. The number of anilines is 1. The van der Waals surface area contributed by atoms with Gasteiger partial charge in [0.05, 0.1) is 0 Å². The number of carbonyl (C=O) groups is 1.